The van der Waals surface area contributed by atoms with Gasteiger partial charge >= 0.3 is 0 Å². The lowest BCUT2D eigenvalue weighted by Crippen LogP contribution is -2.30. The molecule has 2 rings (SSSR count). The van der Waals surface area contributed by atoms with Crippen LogP contribution in [0.15, 0.2) is 6.07 Å². The summed E-state index contributed by atoms with van der Waals surface area (Å²) in [6, 6.07) is 2.10. The molecule has 2 aromatic heterocycles. The van der Waals surface area contributed by atoms with Crippen molar-refractivity contribution < 1.29 is 0 Å². The van der Waals surface area contributed by atoms with Gasteiger partial charge in [0.2, 0.25) is 0 Å². The molecular formula is C10H16N6S. The van der Waals surface area contributed by atoms with Gasteiger partial charge < -0.3 is 0 Å². The fourth-order valence-electron chi connectivity index (χ4n) is 1.85. The highest BCUT2D eigenvalue weighted by Crippen LogP contribution is 2.22. The van der Waals surface area contributed by atoms with Crippen LogP contribution >= 0.6 is 11.5 Å². The van der Waals surface area contributed by atoms with Crippen molar-refractivity contribution in [1.82, 2.24) is 24.8 Å². The van der Waals surface area contributed by atoms with Gasteiger partial charge in [-0.2, -0.15) is 5.10 Å². The minimum Gasteiger partial charge on any atom is -0.272 e. The molecule has 92 valence electrons. The van der Waals surface area contributed by atoms with E-state index in [2.05, 4.69) is 26.2 Å². The number of hydrogen-bond donors (Lipinski definition) is 2. The van der Waals surface area contributed by atoms with Crippen molar-refractivity contribution in [3.63, 3.8) is 0 Å². The zero-order valence-electron chi connectivity index (χ0n) is 10.1. The zero-order chi connectivity index (χ0) is 12.4. The predicted octanol–water partition coefficient (Wildman–Crippen LogP) is 0.636. The molecule has 0 spiro atoms. The number of aromatic nitrogens is 4. The minimum absolute atomic E-state index is 0.0322. The Morgan fingerprint density at radius 1 is 1.53 bits per heavy atom. The van der Waals surface area contributed by atoms with E-state index in [9.17, 15) is 0 Å². The van der Waals surface area contributed by atoms with Gasteiger partial charge in [-0.3, -0.25) is 16.0 Å². The third-order valence-electron chi connectivity index (χ3n) is 2.72. The molecule has 0 bridgehead atoms. The van der Waals surface area contributed by atoms with Crippen LogP contribution < -0.4 is 11.3 Å². The van der Waals surface area contributed by atoms with Gasteiger partial charge in [-0.05, 0) is 31.4 Å². The molecule has 2 heterocycles. The van der Waals surface area contributed by atoms with Crippen LogP contribution in [-0.4, -0.2) is 19.4 Å². The molecule has 3 N–H and O–H groups in total. The summed E-state index contributed by atoms with van der Waals surface area (Å²) in [4.78, 5) is 1.08. The maximum Gasteiger partial charge on any atom is 0.0773 e. The van der Waals surface area contributed by atoms with Crippen LogP contribution in [0.4, 0.5) is 0 Å². The fraction of sp³-hybridized carbons (Fsp3) is 0.500. The molecule has 1 unspecified atom stereocenters. The Kier molecular flexibility index (Phi) is 3.51. The minimum atomic E-state index is 0.0322. The van der Waals surface area contributed by atoms with Crippen molar-refractivity contribution >= 4 is 11.5 Å². The Balaban J connectivity index is 2.21. The molecule has 0 fully saturated rings. The standard InChI is InChI=1S/C10H16N6S/c1-6-4-8(16(3)14-6)5-9(12-11)10-7(2)13-15-17-10/h4,9,12H,5,11H2,1-3H3. The maximum absolute atomic E-state index is 5.61. The highest BCUT2D eigenvalue weighted by Gasteiger charge is 2.18. The molecule has 7 heteroatoms. The number of nitrogens with zero attached hydrogens (tertiary/aromatic N) is 4. The van der Waals surface area contributed by atoms with E-state index in [0.29, 0.717) is 0 Å². The van der Waals surface area contributed by atoms with Crippen LogP contribution in [0.2, 0.25) is 0 Å². The predicted molar refractivity (Wildman–Crippen MR) is 66.4 cm³/mol. The second-order valence-electron chi connectivity index (χ2n) is 4.05. The number of hydrazine groups is 1. The van der Waals surface area contributed by atoms with Gasteiger partial charge in [-0.25, -0.2) is 0 Å². The number of nitrogens with one attached hydrogen (secondary N) is 1. The van der Waals surface area contributed by atoms with Crippen molar-refractivity contribution in [2.45, 2.75) is 26.3 Å². The molecule has 2 aromatic rings. The number of hydrogen-bond acceptors (Lipinski definition) is 6. The Hall–Kier alpha value is -1.31. The van der Waals surface area contributed by atoms with Crippen molar-refractivity contribution in [3.8, 4) is 0 Å². The number of rotatable bonds is 4. The van der Waals surface area contributed by atoms with Crippen molar-refractivity contribution in [2.75, 3.05) is 0 Å². The highest BCUT2D eigenvalue weighted by atomic mass is 32.1. The van der Waals surface area contributed by atoms with E-state index >= 15 is 0 Å². The summed E-state index contributed by atoms with van der Waals surface area (Å²) in [5.41, 5.74) is 5.90. The van der Waals surface area contributed by atoms with Crippen molar-refractivity contribution in [3.05, 3.63) is 28.0 Å². The summed E-state index contributed by atoms with van der Waals surface area (Å²) >= 11 is 1.38. The first-order chi connectivity index (χ1) is 8.11. The van der Waals surface area contributed by atoms with Gasteiger partial charge in [0.1, 0.15) is 0 Å². The summed E-state index contributed by atoms with van der Waals surface area (Å²) in [7, 11) is 1.94. The summed E-state index contributed by atoms with van der Waals surface area (Å²) in [6.45, 7) is 3.92. The molecular weight excluding hydrogens is 236 g/mol. The molecule has 1 atom stereocenters. The monoisotopic (exact) mass is 252 g/mol. The van der Waals surface area contributed by atoms with Gasteiger partial charge in [0.15, 0.2) is 0 Å². The van der Waals surface area contributed by atoms with Crippen LogP contribution in [0.25, 0.3) is 0 Å². The lowest BCUT2D eigenvalue weighted by molar-refractivity contribution is 0.534. The lowest BCUT2D eigenvalue weighted by Gasteiger charge is -2.14. The van der Waals surface area contributed by atoms with Crippen molar-refractivity contribution in [2.24, 2.45) is 12.9 Å². The van der Waals surface area contributed by atoms with Gasteiger partial charge in [-0.1, -0.05) is 4.49 Å². The first-order valence-corrected chi connectivity index (χ1v) is 6.13. The van der Waals surface area contributed by atoms with Gasteiger partial charge in [0.05, 0.1) is 22.3 Å². The molecule has 0 amide bonds. The summed E-state index contributed by atoms with van der Waals surface area (Å²) in [6.07, 6.45) is 0.776. The van der Waals surface area contributed by atoms with E-state index < -0.39 is 0 Å². The fourth-order valence-corrected chi connectivity index (χ4v) is 2.55. The Bertz CT molecular complexity index is 503. The lowest BCUT2D eigenvalue weighted by atomic mass is 10.1. The second kappa shape index (κ2) is 4.91. The molecule has 6 nitrogen and oxygen atoms in total. The van der Waals surface area contributed by atoms with Gasteiger partial charge in [0.25, 0.3) is 0 Å². The van der Waals surface area contributed by atoms with Crippen LogP contribution in [0.1, 0.15) is 28.0 Å². The quantitative estimate of drug-likeness (QED) is 0.616. The third kappa shape index (κ3) is 2.51. The van der Waals surface area contributed by atoms with Crippen LogP contribution in [0.5, 0.6) is 0 Å². The SMILES string of the molecule is Cc1cc(CC(NN)c2snnc2C)n(C)n1. The number of aryl methyl sites for hydroxylation is 3. The van der Waals surface area contributed by atoms with E-state index in [1.165, 1.54) is 11.5 Å². The Morgan fingerprint density at radius 2 is 2.29 bits per heavy atom. The molecule has 0 aromatic carbocycles. The van der Waals surface area contributed by atoms with E-state index in [-0.39, 0.29) is 6.04 Å². The maximum atomic E-state index is 5.61. The van der Waals surface area contributed by atoms with Gasteiger partial charge in [-0.15, -0.1) is 5.10 Å². The van der Waals surface area contributed by atoms with E-state index in [1.54, 1.807) is 0 Å². The van der Waals surface area contributed by atoms with E-state index in [1.807, 2.05) is 25.6 Å². The normalized spacial score (nSPS) is 12.9. The Morgan fingerprint density at radius 3 is 2.76 bits per heavy atom. The van der Waals surface area contributed by atoms with E-state index in [0.717, 1.165) is 28.4 Å². The average Bonchev–Trinajstić information content (AvgIpc) is 2.82. The molecule has 0 aliphatic rings. The first-order valence-electron chi connectivity index (χ1n) is 5.36. The first kappa shape index (κ1) is 12.2. The molecule has 0 aliphatic carbocycles. The largest absolute Gasteiger partial charge is 0.272 e. The van der Waals surface area contributed by atoms with Gasteiger partial charge in [0, 0.05) is 19.2 Å². The Labute approximate surface area is 104 Å². The highest BCUT2D eigenvalue weighted by molar-refractivity contribution is 7.05. The third-order valence-corrected chi connectivity index (χ3v) is 3.66. The molecule has 17 heavy (non-hydrogen) atoms. The van der Waals surface area contributed by atoms with Crippen LogP contribution in [0, 0.1) is 13.8 Å². The van der Waals surface area contributed by atoms with Crippen LogP contribution in [0.3, 0.4) is 0 Å². The molecule has 0 saturated heterocycles. The molecule has 0 radical (unpaired) electrons. The molecule has 0 saturated carbocycles. The van der Waals surface area contributed by atoms with Crippen LogP contribution in [-0.2, 0) is 13.5 Å². The van der Waals surface area contributed by atoms with Crippen molar-refractivity contribution in [1.29, 1.82) is 0 Å². The molecule has 0 aliphatic heterocycles. The smallest absolute Gasteiger partial charge is 0.0773 e. The number of nitrogens with two attached hydrogens (primary N) is 1. The zero-order valence-corrected chi connectivity index (χ0v) is 11.0. The second-order valence-corrected chi connectivity index (χ2v) is 4.83. The van der Waals surface area contributed by atoms with E-state index in [4.69, 9.17) is 5.84 Å². The summed E-state index contributed by atoms with van der Waals surface area (Å²) < 4.78 is 5.81. The summed E-state index contributed by atoms with van der Waals surface area (Å²) in [5.74, 6) is 5.61. The summed E-state index contributed by atoms with van der Waals surface area (Å²) in [5, 5.41) is 8.33. The average molecular weight is 252 g/mol. The topological polar surface area (TPSA) is 81.6 Å².